The molecule has 0 spiro atoms. The van der Waals surface area contributed by atoms with Crippen LogP contribution in [0.2, 0.25) is 0 Å². The summed E-state index contributed by atoms with van der Waals surface area (Å²) in [6.07, 6.45) is 4.35. The van der Waals surface area contributed by atoms with Crippen molar-refractivity contribution in [2.24, 2.45) is 0 Å². The number of carbonyl (C=O) groups is 1. The van der Waals surface area contributed by atoms with Gasteiger partial charge in [0.25, 0.3) is 0 Å². The van der Waals surface area contributed by atoms with Crippen LogP contribution in [0.3, 0.4) is 0 Å². The average Bonchev–Trinajstić information content (AvgIpc) is 2.35. The second kappa shape index (κ2) is 6.31. The third-order valence-corrected chi connectivity index (χ3v) is 3.04. The van der Waals surface area contributed by atoms with Crippen molar-refractivity contribution in [2.75, 3.05) is 11.9 Å². The lowest BCUT2D eigenvalue weighted by Gasteiger charge is -2.22. The Kier molecular flexibility index (Phi) is 5.03. The molecule has 0 aliphatic carbocycles. The summed E-state index contributed by atoms with van der Waals surface area (Å²) in [5, 5.41) is 0. The van der Waals surface area contributed by atoms with Crippen molar-refractivity contribution >= 4 is 12.1 Å². The number of amides is 1. The molecular formula is C14H21NO. The van der Waals surface area contributed by atoms with Gasteiger partial charge in [0, 0.05) is 12.7 Å². The molecule has 0 saturated carbocycles. The largest absolute Gasteiger partial charge is 0.318 e. The predicted octanol–water partition coefficient (Wildman–Crippen LogP) is 3.57. The molecule has 0 saturated heterocycles. The molecule has 0 N–H and O–H groups in total. The summed E-state index contributed by atoms with van der Waals surface area (Å²) in [6.45, 7) is 4.41. The second-order valence-corrected chi connectivity index (χ2v) is 4.17. The summed E-state index contributed by atoms with van der Waals surface area (Å²) >= 11 is 0. The lowest BCUT2D eigenvalue weighted by Crippen LogP contribution is -2.16. The highest BCUT2D eigenvalue weighted by molar-refractivity contribution is 5.76. The van der Waals surface area contributed by atoms with Crippen LogP contribution in [0.15, 0.2) is 24.3 Å². The highest BCUT2D eigenvalue weighted by Gasteiger charge is 2.14. The van der Waals surface area contributed by atoms with Gasteiger partial charge in [-0.05, 0) is 30.4 Å². The van der Waals surface area contributed by atoms with Crippen molar-refractivity contribution in [3.63, 3.8) is 0 Å². The maximum atomic E-state index is 10.9. The molecule has 2 heteroatoms. The summed E-state index contributed by atoms with van der Waals surface area (Å²) in [4.78, 5) is 12.5. The predicted molar refractivity (Wildman–Crippen MR) is 68.8 cm³/mol. The third-order valence-electron chi connectivity index (χ3n) is 3.04. The van der Waals surface area contributed by atoms with Gasteiger partial charge >= 0.3 is 0 Å². The maximum absolute atomic E-state index is 10.9. The topological polar surface area (TPSA) is 20.3 Å². The van der Waals surface area contributed by atoms with Crippen molar-refractivity contribution in [1.29, 1.82) is 0 Å². The van der Waals surface area contributed by atoms with E-state index in [4.69, 9.17) is 0 Å². The Morgan fingerprint density at radius 1 is 1.31 bits per heavy atom. The first kappa shape index (κ1) is 12.8. The van der Waals surface area contributed by atoms with E-state index in [9.17, 15) is 4.79 Å². The van der Waals surface area contributed by atoms with Crippen molar-refractivity contribution in [3.8, 4) is 0 Å². The molecule has 1 rings (SSSR count). The molecular weight excluding hydrogens is 198 g/mol. The number of benzene rings is 1. The fourth-order valence-corrected chi connectivity index (χ4v) is 2.14. The molecule has 88 valence electrons. The average molecular weight is 219 g/mol. The Labute approximate surface area is 98.3 Å². The normalized spacial score (nSPS) is 12.2. The van der Waals surface area contributed by atoms with Crippen molar-refractivity contribution in [2.45, 2.75) is 39.0 Å². The molecule has 0 aromatic heterocycles. The van der Waals surface area contributed by atoms with Crippen LogP contribution in [0.25, 0.3) is 0 Å². The molecule has 1 amide bonds. The number of para-hydroxylation sites is 1. The molecule has 0 heterocycles. The molecule has 0 radical (unpaired) electrons. The van der Waals surface area contributed by atoms with Gasteiger partial charge in [-0.1, -0.05) is 38.5 Å². The number of hydrogen-bond acceptors (Lipinski definition) is 1. The van der Waals surface area contributed by atoms with Crippen LogP contribution in [0.1, 0.15) is 44.6 Å². The van der Waals surface area contributed by atoms with Crippen LogP contribution in [-0.2, 0) is 4.79 Å². The van der Waals surface area contributed by atoms with Crippen molar-refractivity contribution in [3.05, 3.63) is 29.8 Å². The van der Waals surface area contributed by atoms with Crippen LogP contribution < -0.4 is 4.90 Å². The van der Waals surface area contributed by atoms with Crippen molar-refractivity contribution < 1.29 is 4.79 Å². The Morgan fingerprint density at radius 2 is 2.00 bits per heavy atom. The second-order valence-electron chi connectivity index (χ2n) is 4.17. The zero-order valence-electron chi connectivity index (χ0n) is 10.4. The van der Waals surface area contributed by atoms with Crippen LogP contribution >= 0.6 is 0 Å². The summed E-state index contributed by atoms with van der Waals surface area (Å²) in [5.74, 6) is 0.559. The van der Waals surface area contributed by atoms with Gasteiger partial charge in [-0.2, -0.15) is 0 Å². The minimum atomic E-state index is 0.559. The van der Waals surface area contributed by atoms with E-state index in [0.29, 0.717) is 5.92 Å². The van der Waals surface area contributed by atoms with E-state index >= 15 is 0 Å². The smallest absolute Gasteiger partial charge is 0.213 e. The highest BCUT2D eigenvalue weighted by atomic mass is 16.1. The maximum Gasteiger partial charge on any atom is 0.213 e. The van der Waals surface area contributed by atoms with E-state index in [-0.39, 0.29) is 0 Å². The molecule has 1 aromatic carbocycles. The van der Waals surface area contributed by atoms with Crippen LogP contribution in [0, 0.1) is 0 Å². The first-order chi connectivity index (χ1) is 7.74. The fraction of sp³-hybridized carbons (Fsp3) is 0.500. The highest BCUT2D eigenvalue weighted by Crippen LogP contribution is 2.31. The van der Waals surface area contributed by atoms with Gasteiger partial charge in [0.2, 0.25) is 6.41 Å². The molecule has 16 heavy (non-hydrogen) atoms. The minimum Gasteiger partial charge on any atom is -0.318 e. The number of hydrogen-bond donors (Lipinski definition) is 0. The van der Waals surface area contributed by atoms with Gasteiger partial charge in [0.1, 0.15) is 0 Å². The number of nitrogens with zero attached hydrogens (tertiary/aromatic N) is 1. The molecule has 0 fully saturated rings. The van der Waals surface area contributed by atoms with Crippen LogP contribution in [0.4, 0.5) is 5.69 Å². The van der Waals surface area contributed by atoms with Gasteiger partial charge < -0.3 is 4.90 Å². The number of anilines is 1. The standard InChI is InChI=1S/C14H21NO/c1-4-8-12(5-2)13-9-6-7-10-14(13)15(3)11-16/h6-7,9-12H,4-5,8H2,1-3H3. The lowest BCUT2D eigenvalue weighted by molar-refractivity contribution is -0.107. The van der Waals surface area contributed by atoms with Crippen LogP contribution in [-0.4, -0.2) is 13.5 Å². The Bertz CT molecular complexity index is 335. The Hall–Kier alpha value is -1.31. The first-order valence-corrected chi connectivity index (χ1v) is 6.01. The summed E-state index contributed by atoms with van der Waals surface area (Å²) < 4.78 is 0. The molecule has 1 unspecified atom stereocenters. The molecule has 0 aliphatic heterocycles. The third kappa shape index (κ3) is 2.84. The molecule has 1 aromatic rings. The zero-order valence-corrected chi connectivity index (χ0v) is 10.4. The van der Waals surface area contributed by atoms with E-state index in [2.05, 4.69) is 26.0 Å². The van der Waals surface area contributed by atoms with E-state index in [1.165, 1.54) is 18.4 Å². The van der Waals surface area contributed by atoms with Crippen molar-refractivity contribution in [1.82, 2.24) is 0 Å². The fourth-order valence-electron chi connectivity index (χ4n) is 2.14. The van der Waals surface area contributed by atoms with Crippen LogP contribution in [0.5, 0.6) is 0 Å². The Balaban J connectivity index is 3.05. The van der Waals surface area contributed by atoms with E-state index in [1.54, 1.807) is 4.90 Å². The SMILES string of the molecule is CCCC(CC)c1ccccc1N(C)C=O. The molecule has 1 atom stereocenters. The van der Waals surface area contributed by atoms with Gasteiger partial charge in [-0.3, -0.25) is 4.79 Å². The number of rotatable bonds is 6. The minimum absolute atomic E-state index is 0.559. The summed E-state index contributed by atoms with van der Waals surface area (Å²) in [6, 6.07) is 8.19. The van der Waals surface area contributed by atoms with E-state index in [0.717, 1.165) is 18.5 Å². The summed E-state index contributed by atoms with van der Waals surface area (Å²) in [7, 11) is 1.81. The lowest BCUT2D eigenvalue weighted by atomic mass is 9.90. The van der Waals surface area contributed by atoms with E-state index in [1.807, 2.05) is 19.2 Å². The van der Waals surface area contributed by atoms with E-state index < -0.39 is 0 Å². The monoisotopic (exact) mass is 219 g/mol. The summed E-state index contributed by atoms with van der Waals surface area (Å²) in [5.41, 5.74) is 2.33. The molecule has 0 aliphatic rings. The first-order valence-electron chi connectivity index (χ1n) is 6.01. The molecule has 0 bridgehead atoms. The quantitative estimate of drug-likeness (QED) is 0.670. The molecule has 2 nitrogen and oxygen atoms in total. The Morgan fingerprint density at radius 3 is 2.56 bits per heavy atom. The van der Waals surface area contributed by atoms with Gasteiger partial charge in [0.05, 0.1) is 0 Å². The van der Waals surface area contributed by atoms with Gasteiger partial charge in [-0.15, -0.1) is 0 Å². The van der Waals surface area contributed by atoms with Gasteiger partial charge in [0.15, 0.2) is 0 Å². The number of carbonyl (C=O) groups excluding carboxylic acids is 1. The van der Waals surface area contributed by atoms with Gasteiger partial charge in [-0.25, -0.2) is 0 Å². The zero-order chi connectivity index (χ0) is 12.0.